The standard InChI is InChI=1S/C21H21FN2O3S/c22-14-5-7-15(8-6-14)26-13-16-9-10-18(27-16)21(25)23-12-11-20-24-17-3-1-2-4-19(17)28-20/h5-10H,1-4,11-13H2,(H,23,25). The first-order chi connectivity index (χ1) is 13.7. The van der Waals surface area contributed by atoms with Gasteiger partial charge in [0.1, 0.15) is 23.9 Å². The Hall–Kier alpha value is -2.67. The second kappa shape index (κ2) is 8.56. The van der Waals surface area contributed by atoms with Crippen LogP contribution in [0.3, 0.4) is 0 Å². The lowest BCUT2D eigenvalue weighted by Crippen LogP contribution is -2.25. The van der Waals surface area contributed by atoms with E-state index in [-0.39, 0.29) is 24.1 Å². The molecular weight excluding hydrogens is 379 g/mol. The fraction of sp³-hybridized carbons (Fsp3) is 0.333. The smallest absolute Gasteiger partial charge is 0.287 e. The van der Waals surface area contributed by atoms with Gasteiger partial charge in [-0.15, -0.1) is 11.3 Å². The number of hydrogen-bond donors (Lipinski definition) is 1. The molecule has 0 unspecified atom stereocenters. The molecule has 4 rings (SSSR count). The molecule has 0 radical (unpaired) electrons. The third-order valence-electron chi connectivity index (χ3n) is 4.59. The van der Waals surface area contributed by atoms with Gasteiger partial charge in [0.25, 0.3) is 5.91 Å². The number of rotatable bonds is 7. The van der Waals surface area contributed by atoms with Crippen LogP contribution >= 0.6 is 11.3 Å². The van der Waals surface area contributed by atoms with Gasteiger partial charge in [0.2, 0.25) is 0 Å². The number of amides is 1. The maximum Gasteiger partial charge on any atom is 0.287 e. The van der Waals surface area contributed by atoms with E-state index in [1.54, 1.807) is 35.6 Å². The first-order valence-corrected chi connectivity index (χ1v) is 10.2. The highest BCUT2D eigenvalue weighted by Crippen LogP contribution is 2.26. The highest BCUT2D eigenvalue weighted by molar-refractivity contribution is 7.11. The van der Waals surface area contributed by atoms with Crippen LogP contribution in [0.15, 0.2) is 40.8 Å². The summed E-state index contributed by atoms with van der Waals surface area (Å²) >= 11 is 1.77. The van der Waals surface area contributed by atoms with Crippen LogP contribution in [-0.2, 0) is 25.9 Å². The zero-order valence-corrected chi connectivity index (χ0v) is 16.2. The van der Waals surface area contributed by atoms with Crippen molar-refractivity contribution >= 4 is 17.2 Å². The minimum atomic E-state index is -0.317. The lowest BCUT2D eigenvalue weighted by molar-refractivity contribution is 0.0922. The molecule has 1 aliphatic carbocycles. The van der Waals surface area contributed by atoms with Gasteiger partial charge in [-0.3, -0.25) is 4.79 Å². The molecule has 0 fully saturated rings. The number of hydrogen-bond acceptors (Lipinski definition) is 5. The van der Waals surface area contributed by atoms with Crippen molar-refractivity contribution in [2.24, 2.45) is 0 Å². The van der Waals surface area contributed by atoms with Gasteiger partial charge in [0, 0.05) is 17.8 Å². The average molecular weight is 400 g/mol. The summed E-state index contributed by atoms with van der Waals surface area (Å²) in [7, 11) is 0. The van der Waals surface area contributed by atoms with Crippen LogP contribution in [0.5, 0.6) is 5.75 Å². The van der Waals surface area contributed by atoms with Crippen molar-refractivity contribution in [1.82, 2.24) is 10.3 Å². The molecule has 0 spiro atoms. The van der Waals surface area contributed by atoms with Crippen LogP contribution < -0.4 is 10.1 Å². The number of ether oxygens (including phenoxy) is 1. The van der Waals surface area contributed by atoms with Gasteiger partial charge >= 0.3 is 0 Å². The number of carbonyl (C=O) groups excluding carboxylic acids is 1. The molecule has 2 heterocycles. The molecule has 0 bridgehead atoms. The predicted octanol–water partition coefficient (Wildman–Crippen LogP) is 4.31. The highest BCUT2D eigenvalue weighted by atomic mass is 32.1. The Morgan fingerprint density at radius 3 is 2.82 bits per heavy atom. The minimum absolute atomic E-state index is 0.170. The molecule has 0 saturated heterocycles. The van der Waals surface area contributed by atoms with Crippen LogP contribution in [0.4, 0.5) is 4.39 Å². The molecule has 7 heteroatoms. The topological polar surface area (TPSA) is 64.4 Å². The number of nitrogens with one attached hydrogen (secondary N) is 1. The van der Waals surface area contributed by atoms with Crippen molar-refractivity contribution in [3.8, 4) is 5.75 Å². The first-order valence-electron chi connectivity index (χ1n) is 9.40. The van der Waals surface area contributed by atoms with Crippen molar-refractivity contribution in [3.63, 3.8) is 0 Å². The van der Waals surface area contributed by atoms with Crippen molar-refractivity contribution in [3.05, 3.63) is 69.3 Å². The number of furan rings is 1. The monoisotopic (exact) mass is 400 g/mol. The zero-order chi connectivity index (χ0) is 19.3. The predicted molar refractivity (Wildman–Crippen MR) is 104 cm³/mol. The lowest BCUT2D eigenvalue weighted by atomic mass is 10.0. The number of thiazole rings is 1. The summed E-state index contributed by atoms with van der Waals surface area (Å²) in [6.07, 6.45) is 5.40. The molecule has 146 valence electrons. The van der Waals surface area contributed by atoms with E-state index >= 15 is 0 Å². The summed E-state index contributed by atoms with van der Waals surface area (Å²) in [4.78, 5) is 18.3. The van der Waals surface area contributed by atoms with Gasteiger partial charge in [0.05, 0.1) is 10.7 Å². The highest BCUT2D eigenvalue weighted by Gasteiger charge is 2.16. The van der Waals surface area contributed by atoms with Crippen molar-refractivity contribution in [2.45, 2.75) is 38.7 Å². The summed E-state index contributed by atoms with van der Waals surface area (Å²) in [6, 6.07) is 9.07. The normalized spacial score (nSPS) is 13.2. The van der Waals surface area contributed by atoms with E-state index in [1.165, 1.54) is 35.5 Å². The van der Waals surface area contributed by atoms with Gasteiger partial charge in [-0.05, 0) is 62.1 Å². The second-order valence-electron chi connectivity index (χ2n) is 6.70. The number of halogens is 1. The number of carbonyl (C=O) groups is 1. The van der Waals surface area contributed by atoms with E-state index < -0.39 is 0 Å². The molecule has 3 aromatic rings. The summed E-state index contributed by atoms with van der Waals surface area (Å²) in [5.74, 6) is 0.740. The number of nitrogens with zero attached hydrogens (tertiary/aromatic N) is 1. The summed E-state index contributed by atoms with van der Waals surface area (Å²) < 4.78 is 23.9. The van der Waals surface area contributed by atoms with Crippen LogP contribution in [0.1, 0.15) is 44.7 Å². The maximum atomic E-state index is 12.9. The van der Waals surface area contributed by atoms with E-state index in [4.69, 9.17) is 9.15 Å². The van der Waals surface area contributed by atoms with E-state index in [0.29, 0.717) is 18.1 Å². The van der Waals surface area contributed by atoms with Crippen molar-refractivity contribution in [2.75, 3.05) is 6.54 Å². The fourth-order valence-electron chi connectivity index (χ4n) is 3.15. The molecule has 1 aliphatic rings. The minimum Gasteiger partial charge on any atom is -0.486 e. The number of aromatic nitrogens is 1. The molecular formula is C21H21FN2O3S. The lowest BCUT2D eigenvalue weighted by Gasteiger charge is -2.06. The van der Waals surface area contributed by atoms with Crippen molar-refractivity contribution in [1.29, 1.82) is 0 Å². The third-order valence-corrected chi connectivity index (χ3v) is 5.81. The quantitative estimate of drug-likeness (QED) is 0.642. The molecule has 1 N–H and O–H groups in total. The number of fused-ring (bicyclic) bond motifs is 1. The van der Waals surface area contributed by atoms with Crippen LogP contribution in [0.2, 0.25) is 0 Å². The molecule has 1 amide bonds. The van der Waals surface area contributed by atoms with Gasteiger partial charge in [-0.1, -0.05) is 0 Å². The van der Waals surface area contributed by atoms with E-state index in [0.717, 1.165) is 24.3 Å². The van der Waals surface area contributed by atoms with Gasteiger partial charge in [0.15, 0.2) is 5.76 Å². The fourth-order valence-corrected chi connectivity index (χ4v) is 4.30. The maximum absolute atomic E-state index is 12.9. The molecule has 0 saturated carbocycles. The molecule has 0 atom stereocenters. The Bertz CT molecular complexity index is 925. The Morgan fingerprint density at radius 1 is 1.18 bits per heavy atom. The Labute approximate surface area is 166 Å². The van der Waals surface area contributed by atoms with Gasteiger partial charge in [-0.25, -0.2) is 9.37 Å². The van der Waals surface area contributed by atoms with Gasteiger partial charge in [-0.2, -0.15) is 0 Å². The molecule has 1 aromatic carbocycles. The number of aryl methyl sites for hydroxylation is 2. The van der Waals surface area contributed by atoms with E-state index in [1.807, 2.05) is 0 Å². The molecule has 5 nitrogen and oxygen atoms in total. The molecule has 0 aliphatic heterocycles. The largest absolute Gasteiger partial charge is 0.486 e. The van der Waals surface area contributed by atoms with E-state index in [9.17, 15) is 9.18 Å². The van der Waals surface area contributed by atoms with Crippen LogP contribution in [0, 0.1) is 5.82 Å². The summed E-state index contributed by atoms with van der Waals surface area (Å²) in [6.45, 7) is 0.691. The third kappa shape index (κ3) is 4.59. The zero-order valence-electron chi connectivity index (χ0n) is 15.4. The summed E-state index contributed by atoms with van der Waals surface area (Å²) in [5, 5.41) is 3.96. The average Bonchev–Trinajstić information content (AvgIpc) is 3.34. The van der Waals surface area contributed by atoms with Crippen molar-refractivity contribution < 1.29 is 18.3 Å². The second-order valence-corrected chi connectivity index (χ2v) is 7.87. The Morgan fingerprint density at radius 2 is 2.00 bits per heavy atom. The van der Waals surface area contributed by atoms with E-state index in [2.05, 4.69) is 10.3 Å². The molecule has 28 heavy (non-hydrogen) atoms. The Kier molecular flexibility index (Phi) is 5.71. The SMILES string of the molecule is O=C(NCCc1nc2c(s1)CCCC2)c1ccc(COc2ccc(F)cc2)o1. The van der Waals surface area contributed by atoms with Crippen LogP contribution in [0.25, 0.3) is 0 Å². The van der Waals surface area contributed by atoms with Gasteiger partial charge < -0.3 is 14.5 Å². The molecule has 2 aromatic heterocycles. The van der Waals surface area contributed by atoms with Crippen LogP contribution in [-0.4, -0.2) is 17.4 Å². The number of benzene rings is 1. The summed E-state index contributed by atoms with van der Waals surface area (Å²) in [5.41, 5.74) is 1.24. The first kappa shape index (κ1) is 18.7. The Balaban J connectivity index is 1.24.